The first-order chi connectivity index (χ1) is 15.8. The number of aromatic amines is 1. The molecule has 0 bridgehead atoms. The minimum Gasteiger partial charge on any atom is -0.480 e. The van der Waals surface area contributed by atoms with Gasteiger partial charge in [0.05, 0.1) is 6.04 Å². The highest BCUT2D eigenvalue weighted by atomic mass is 35.5. The molecule has 1 heterocycles. The molecule has 34 heavy (non-hydrogen) atoms. The molecule has 0 spiro atoms. The lowest BCUT2D eigenvalue weighted by Crippen LogP contribution is -2.56. The van der Waals surface area contributed by atoms with E-state index in [-0.39, 0.29) is 24.7 Å². The zero-order valence-electron chi connectivity index (χ0n) is 19.2. The lowest BCUT2D eigenvalue weighted by molar-refractivity contribution is -0.142. The van der Waals surface area contributed by atoms with Gasteiger partial charge in [-0.05, 0) is 29.5 Å². The van der Waals surface area contributed by atoms with Crippen molar-refractivity contribution in [3.05, 3.63) is 71.9 Å². The number of benzene rings is 2. The summed E-state index contributed by atoms with van der Waals surface area (Å²) in [5.41, 5.74) is 8.64. The van der Waals surface area contributed by atoms with Gasteiger partial charge in [0.2, 0.25) is 11.8 Å². The summed E-state index contributed by atoms with van der Waals surface area (Å²) in [6.45, 7) is 3.56. The molecule has 0 aliphatic carbocycles. The van der Waals surface area contributed by atoms with Crippen molar-refractivity contribution in [2.75, 3.05) is 0 Å². The molecule has 0 saturated carbocycles. The maximum Gasteiger partial charge on any atom is 0.326 e. The molecule has 0 aliphatic rings. The third-order valence-corrected chi connectivity index (χ3v) is 5.60. The minimum absolute atomic E-state index is 0. The molecule has 3 atom stereocenters. The van der Waals surface area contributed by atoms with Crippen LogP contribution in [0, 0.1) is 5.92 Å². The molecule has 0 radical (unpaired) electrons. The standard InChI is InChI=1S/C25H30N4O4.ClH/c1-15(2)22(29-23(30)19(26)12-16-8-4-3-5-9-16)24(31)28-21(25(32)33)13-17-14-27-20-11-7-6-10-18(17)20;/h3-11,14-15,19,21-22,27H,12-13,26H2,1-2H3,(H,28,31)(H,29,30)(H,32,33);1H/t19?,21-,22?;/m0./s1. The van der Waals surface area contributed by atoms with Crippen molar-refractivity contribution in [2.24, 2.45) is 11.7 Å². The largest absolute Gasteiger partial charge is 0.480 e. The van der Waals surface area contributed by atoms with Crippen molar-refractivity contribution in [1.82, 2.24) is 15.6 Å². The van der Waals surface area contributed by atoms with Gasteiger partial charge in [0.25, 0.3) is 0 Å². The first-order valence-corrected chi connectivity index (χ1v) is 10.9. The topological polar surface area (TPSA) is 137 Å². The Hall–Kier alpha value is -3.36. The van der Waals surface area contributed by atoms with Gasteiger partial charge in [0.1, 0.15) is 12.1 Å². The van der Waals surface area contributed by atoms with Gasteiger partial charge in [0.15, 0.2) is 0 Å². The number of nitrogens with two attached hydrogens (primary N) is 1. The predicted molar refractivity (Wildman–Crippen MR) is 134 cm³/mol. The molecule has 0 aliphatic heterocycles. The lowest BCUT2D eigenvalue weighted by atomic mass is 10.00. The van der Waals surface area contributed by atoms with Gasteiger partial charge in [-0.1, -0.05) is 62.4 Å². The Morgan fingerprint density at radius 3 is 2.24 bits per heavy atom. The zero-order valence-corrected chi connectivity index (χ0v) is 20.0. The summed E-state index contributed by atoms with van der Waals surface area (Å²) < 4.78 is 0. The summed E-state index contributed by atoms with van der Waals surface area (Å²) in [6.07, 6.45) is 2.19. The Labute approximate surface area is 204 Å². The molecule has 182 valence electrons. The highest BCUT2D eigenvalue weighted by Crippen LogP contribution is 2.19. The van der Waals surface area contributed by atoms with Crippen LogP contribution in [0.3, 0.4) is 0 Å². The van der Waals surface area contributed by atoms with Gasteiger partial charge in [-0.2, -0.15) is 0 Å². The van der Waals surface area contributed by atoms with Crippen molar-refractivity contribution in [3.8, 4) is 0 Å². The number of hydrogen-bond acceptors (Lipinski definition) is 4. The van der Waals surface area contributed by atoms with E-state index in [9.17, 15) is 19.5 Å². The second kappa shape index (κ2) is 12.2. The van der Waals surface area contributed by atoms with Crippen molar-refractivity contribution in [3.63, 3.8) is 0 Å². The van der Waals surface area contributed by atoms with Crippen LogP contribution in [0.5, 0.6) is 0 Å². The van der Waals surface area contributed by atoms with E-state index in [1.165, 1.54) is 0 Å². The van der Waals surface area contributed by atoms with Gasteiger partial charge in [0, 0.05) is 23.5 Å². The molecule has 6 N–H and O–H groups in total. The smallest absolute Gasteiger partial charge is 0.326 e. The van der Waals surface area contributed by atoms with Crippen LogP contribution in [0.25, 0.3) is 10.9 Å². The maximum absolute atomic E-state index is 13.0. The summed E-state index contributed by atoms with van der Waals surface area (Å²) in [5.74, 6) is -2.43. The van der Waals surface area contributed by atoms with Crippen LogP contribution in [-0.2, 0) is 27.2 Å². The van der Waals surface area contributed by atoms with E-state index in [1.54, 1.807) is 20.0 Å². The average Bonchev–Trinajstić information content (AvgIpc) is 3.20. The van der Waals surface area contributed by atoms with Crippen molar-refractivity contribution in [2.45, 2.75) is 44.8 Å². The second-order valence-electron chi connectivity index (χ2n) is 8.49. The highest BCUT2D eigenvalue weighted by Gasteiger charge is 2.30. The lowest BCUT2D eigenvalue weighted by Gasteiger charge is -2.25. The molecule has 2 unspecified atom stereocenters. The van der Waals surface area contributed by atoms with E-state index < -0.39 is 35.9 Å². The first-order valence-electron chi connectivity index (χ1n) is 10.9. The summed E-state index contributed by atoms with van der Waals surface area (Å²) in [5, 5.41) is 15.9. The van der Waals surface area contributed by atoms with Gasteiger partial charge >= 0.3 is 5.97 Å². The van der Waals surface area contributed by atoms with Crippen LogP contribution in [0.4, 0.5) is 0 Å². The van der Waals surface area contributed by atoms with Gasteiger partial charge in [-0.3, -0.25) is 9.59 Å². The number of H-pyrrole nitrogens is 1. The number of aromatic nitrogens is 1. The molecule has 2 amide bonds. The number of carbonyl (C=O) groups is 3. The van der Waals surface area contributed by atoms with E-state index in [0.717, 1.165) is 22.0 Å². The van der Waals surface area contributed by atoms with E-state index in [4.69, 9.17) is 5.73 Å². The number of para-hydroxylation sites is 1. The minimum atomic E-state index is -1.15. The number of amides is 2. The third-order valence-electron chi connectivity index (χ3n) is 5.60. The Balaban J connectivity index is 0.00000408. The number of fused-ring (bicyclic) bond motifs is 1. The Bertz CT molecular complexity index is 1120. The molecule has 0 saturated heterocycles. The van der Waals surface area contributed by atoms with Gasteiger partial charge in [-0.15, -0.1) is 12.4 Å². The van der Waals surface area contributed by atoms with Crippen molar-refractivity contribution >= 4 is 41.1 Å². The maximum atomic E-state index is 13.0. The van der Waals surface area contributed by atoms with E-state index in [2.05, 4.69) is 15.6 Å². The van der Waals surface area contributed by atoms with Gasteiger partial charge < -0.3 is 26.5 Å². The zero-order chi connectivity index (χ0) is 24.0. The number of carboxylic acids is 1. The number of nitrogens with one attached hydrogen (secondary N) is 3. The van der Waals surface area contributed by atoms with E-state index >= 15 is 0 Å². The van der Waals surface area contributed by atoms with Gasteiger partial charge in [-0.25, -0.2) is 4.79 Å². The fourth-order valence-corrected chi connectivity index (χ4v) is 3.74. The number of halogens is 1. The fraction of sp³-hybridized carbons (Fsp3) is 0.320. The number of carboxylic acid groups (broad SMARTS) is 1. The van der Waals surface area contributed by atoms with Crippen molar-refractivity contribution < 1.29 is 19.5 Å². The van der Waals surface area contributed by atoms with Crippen LogP contribution in [-0.4, -0.2) is 46.0 Å². The molecule has 0 fully saturated rings. The SMILES string of the molecule is CC(C)C(NC(=O)C(N)Cc1ccccc1)C(=O)N[C@@H](Cc1c[nH]c2ccccc12)C(=O)O.Cl. The van der Waals surface area contributed by atoms with Crippen LogP contribution >= 0.6 is 12.4 Å². The summed E-state index contributed by atoms with van der Waals surface area (Å²) >= 11 is 0. The van der Waals surface area contributed by atoms with Crippen molar-refractivity contribution in [1.29, 1.82) is 0 Å². The number of rotatable bonds is 10. The number of aliphatic carboxylic acids is 1. The molecule has 3 rings (SSSR count). The van der Waals surface area contributed by atoms with Crippen LogP contribution in [0.2, 0.25) is 0 Å². The van der Waals surface area contributed by atoms with Crippen LogP contribution in [0.1, 0.15) is 25.0 Å². The summed E-state index contributed by atoms with van der Waals surface area (Å²) in [4.78, 5) is 40.6. The Kier molecular flexibility index (Phi) is 9.65. The summed E-state index contributed by atoms with van der Waals surface area (Å²) in [6, 6.07) is 14.0. The second-order valence-corrected chi connectivity index (χ2v) is 8.49. The Morgan fingerprint density at radius 1 is 0.941 bits per heavy atom. The highest BCUT2D eigenvalue weighted by molar-refractivity contribution is 5.92. The fourth-order valence-electron chi connectivity index (χ4n) is 3.74. The molecule has 9 heteroatoms. The van der Waals surface area contributed by atoms with E-state index in [1.807, 2.05) is 54.6 Å². The quantitative estimate of drug-likeness (QED) is 0.299. The first kappa shape index (κ1) is 26.9. The molecule has 1 aromatic heterocycles. The predicted octanol–water partition coefficient (Wildman–Crippen LogP) is 2.41. The Morgan fingerprint density at radius 2 is 1.59 bits per heavy atom. The number of hydrogen-bond donors (Lipinski definition) is 5. The molecule has 3 aromatic rings. The molecule has 2 aromatic carbocycles. The third kappa shape index (κ3) is 6.82. The number of carbonyl (C=O) groups excluding carboxylic acids is 2. The van der Waals surface area contributed by atoms with Crippen LogP contribution in [0.15, 0.2) is 60.8 Å². The van der Waals surface area contributed by atoms with E-state index in [0.29, 0.717) is 6.42 Å². The molecular formula is C25H31ClN4O4. The van der Waals surface area contributed by atoms with Crippen LogP contribution < -0.4 is 16.4 Å². The average molecular weight is 487 g/mol. The normalized spacial score (nSPS) is 13.5. The molecular weight excluding hydrogens is 456 g/mol. The molecule has 8 nitrogen and oxygen atoms in total. The summed E-state index contributed by atoms with van der Waals surface area (Å²) in [7, 11) is 0. The monoisotopic (exact) mass is 486 g/mol.